The zero-order chi connectivity index (χ0) is 22.4. The fourth-order valence-electron chi connectivity index (χ4n) is 3.75. The third-order valence-corrected chi connectivity index (χ3v) is 5.91. The number of guanidine groups is 1. The van der Waals surface area contributed by atoms with Gasteiger partial charge in [-0.1, -0.05) is 0 Å². The van der Waals surface area contributed by atoms with Gasteiger partial charge in [0.05, 0.1) is 25.0 Å². The van der Waals surface area contributed by atoms with Gasteiger partial charge in [0.25, 0.3) is 0 Å². The first-order valence-corrected chi connectivity index (χ1v) is 11.2. The van der Waals surface area contributed by atoms with Gasteiger partial charge in [-0.3, -0.25) is 9.58 Å². The van der Waals surface area contributed by atoms with Gasteiger partial charge in [-0.2, -0.15) is 5.10 Å². The van der Waals surface area contributed by atoms with E-state index in [2.05, 4.69) is 30.6 Å². The lowest BCUT2D eigenvalue weighted by atomic mass is 9.97. The molecule has 2 aromatic rings. The summed E-state index contributed by atoms with van der Waals surface area (Å²) >= 11 is 0. The average molecular weight is 432 g/mol. The Hall–Kier alpha value is -2.39. The maximum atomic E-state index is 10.8. The Morgan fingerprint density at radius 2 is 2.06 bits per heavy atom. The molecule has 31 heavy (non-hydrogen) atoms. The van der Waals surface area contributed by atoms with Crippen molar-refractivity contribution in [3.63, 3.8) is 0 Å². The Labute approximate surface area is 184 Å². The second-order valence-electron chi connectivity index (χ2n) is 8.72. The summed E-state index contributed by atoms with van der Waals surface area (Å²) in [5.41, 5.74) is 0.684. The molecule has 3 N–H and O–H groups in total. The predicted octanol–water partition coefficient (Wildman–Crippen LogP) is 1.70. The molecule has 0 aliphatic carbocycles. The van der Waals surface area contributed by atoms with E-state index in [-0.39, 0.29) is 6.54 Å². The highest BCUT2D eigenvalue weighted by molar-refractivity contribution is 5.79. The van der Waals surface area contributed by atoms with E-state index in [9.17, 15) is 5.11 Å². The molecule has 1 fully saturated rings. The highest BCUT2D eigenvalue weighted by Gasteiger charge is 2.25. The van der Waals surface area contributed by atoms with Gasteiger partial charge in [0.1, 0.15) is 11.4 Å². The molecule has 1 atom stereocenters. The van der Waals surface area contributed by atoms with E-state index in [1.807, 2.05) is 34.0 Å². The molecule has 1 aliphatic heterocycles. The number of hydrogen-bond donors (Lipinski definition) is 3. The number of nitrogens with zero attached hydrogens (tertiary/aromatic N) is 5. The lowest BCUT2D eigenvalue weighted by Crippen LogP contribution is -2.43. The zero-order valence-corrected chi connectivity index (χ0v) is 19.5. The fourth-order valence-corrected chi connectivity index (χ4v) is 3.75. The minimum Gasteiger partial charge on any atom is -0.444 e. The number of hydrogen-bond acceptors (Lipinski definition) is 6. The highest BCUT2D eigenvalue weighted by Crippen LogP contribution is 2.21. The Bertz CT molecular complexity index is 844. The largest absolute Gasteiger partial charge is 0.444 e. The van der Waals surface area contributed by atoms with Crippen molar-refractivity contribution in [2.24, 2.45) is 18.0 Å². The van der Waals surface area contributed by atoms with Gasteiger partial charge in [-0.15, -0.1) is 0 Å². The maximum absolute atomic E-state index is 10.8. The average Bonchev–Trinajstić information content (AvgIpc) is 3.31. The van der Waals surface area contributed by atoms with Crippen molar-refractivity contribution >= 4 is 5.96 Å². The van der Waals surface area contributed by atoms with E-state index in [1.54, 1.807) is 17.8 Å². The lowest BCUT2D eigenvalue weighted by molar-refractivity contribution is 0.0671. The first-order chi connectivity index (χ1) is 14.8. The van der Waals surface area contributed by atoms with Crippen LogP contribution in [0.1, 0.15) is 49.6 Å². The third kappa shape index (κ3) is 6.54. The van der Waals surface area contributed by atoms with Crippen molar-refractivity contribution in [1.29, 1.82) is 0 Å². The Balaban J connectivity index is 1.46. The van der Waals surface area contributed by atoms with Crippen LogP contribution in [0.3, 0.4) is 0 Å². The Morgan fingerprint density at radius 1 is 1.32 bits per heavy atom. The summed E-state index contributed by atoms with van der Waals surface area (Å²) in [7, 11) is 1.84. The fraction of sp³-hybridized carbons (Fsp3) is 0.682. The van der Waals surface area contributed by atoms with Gasteiger partial charge >= 0.3 is 0 Å². The second kappa shape index (κ2) is 10.3. The standard InChI is InChI=1S/C22H37N7O2/c1-6-23-21(25-15-22(4,30)19-12-26-28(5)13-19)24-11-18-7-9-29(10-8-18)14-20-27-16(2)17(3)31-20/h12-13,18,30H,6-11,14-15H2,1-5H3,(H2,23,24,25). The van der Waals surface area contributed by atoms with Crippen molar-refractivity contribution in [3.8, 4) is 0 Å². The summed E-state index contributed by atoms with van der Waals surface area (Å²) in [6.07, 6.45) is 5.76. The van der Waals surface area contributed by atoms with Crippen LogP contribution in [0.15, 0.2) is 21.8 Å². The molecule has 9 heteroatoms. The summed E-state index contributed by atoms with van der Waals surface area (Å²) in [5, 5.41) is 21.6. The summed E-state index contributed by atoms with van der Waals surface area (Å²) in [6, 6.07) is 0. The Morgan fingerprint density at radius 3 is 2.65 bits per heavy atom. The number of aliphatic hydroxyl groups is 1. The van der Waals surface area contributed by atoms with Crippen LogP contribution in [0, 0.1) is 19.8 Å². The van der Waals surface area contributed by atoms with E-state index >= 15 is 0 Å². The van der Waals surface area contributed by atoms with E-state index < -0.39 is 5.60 Å². The quantitative estimate of drug-likeness (QED) is 0.432. The molecule has 9 nitrogen and oxygen atoms in total. The SMILES string of the molecule is CCNC(=NCC(C)(O)c1cnn(C)c1)NCC1CCN(Cc2nc(C)c(C)o2)CC1. The van der Waals surface area contributed by atoms with Gasteiger partial charge in [-0.05, 0) is 59.5 Å². The Kier molecular flexibility index (Phi) is 7.72. The summed E-state index contributed by atoms with van der Waals surface area (Å²) in [4.78, 5) is 11.5. The number of oxazole rings is 1. The number of likely N-dealkylation sites (tertiary alicyclic amines) is 1. The molecule has 0 spiro atoms. The second-order valence-corrected chi connectivity index (χ2v) is 8.72. The van der Waals surface area contributed by atoms with Crippen LogP contribution in [0.5, 0.6) is 0 Å². The van der Waals surface area contributed by atoms with Crippen LogP contribution in [-0.2, 0) is 19.2 Å². The molecule has 3 heterocycles. The number of aromatic nitrogens is 3. The van der Waals surface area contributed by atoms with E-state index in [1.165, 1.54) is 0 Å². The van der Waals surface area contributed by atoms with Crippen molar-refractivity contribution in [2.75, 3.05) is 32.7 Å². The van der Waals surface area contributed by atoms with Crippen molar-refractivity contribution in [3.05, 3.63) is 35.3 Å². The molecule has 1 unspecified atom stereocenters. The minimum absolute atomic E-state index is 0.265. The van der Waals surface area contributed by atoms with Crippen LogP contribution >= 0.6 is 0 Å². The summed E-state index contributed by atoms with van der Waals surface area (Å²) in [5.74, 6) is 3.05. The van der Waals surface area contributed by atoms with Crippen LogP contribution < -0.4 is 10.6 Å². The predicted molar refractivity (Wildman–Crippen MR) is 121 cm³/mol. The minimum atomic E-state index is -1.06. The molecule has 3 rings (SSSR count). The molecular weight excluding hydrogens is 394 g/mol. The molecular formula is C22H37N7O2. The molecule has 0 saturated carbocycles. The van der Waals surface area contributed by atoms with E-state index in [4.69, 9.17) is 4.42 Å². The number of rotatable bonds is 8. The molecule has 0 radical (unpaired) electrons. The third-order valence-electron chi connectivity index (χ3n) is 5.91. The number of aliphatic imine (C=N–C) groups is 1. The number of aryl methyl sites for hydroxylation is 3. The molecule has 1 saturated heterocycles. The van der Waals surface area contributed by atoms with Crippen LogP contribution in [-0.4, -0.2) is 63.5 Å². The monoisotopic (exact) mass is 431 g/mol. The highest BCUT2D eigenvalue weighted by atomic mass is 16.4. The summed E-state index contributed by atoms with van der Waals surface area (Å²) in [6.45, 7) is 12.5. The molecule has 0 aromatic carbocycles. The first-order valence-electron chi connectivity index (χ1n) is 11.2. The van der Waals surface area contributed by atoms with Gasteiger partial charge in [0.15, 0.2) is 5.96 Å². The molecule has 1 aliphatic rings. The lowest BCUT2D eigenvalue weighted by Gasteiger charge is -2.31. The van der Waals surface area contributed by atoms with Crippen molar-refractivity contribution in [1.82, 2.24) is 30.3 Å². The normalized spacial score (nSPS) is 18.2. The smallest absolute Gasteiger partial charge is 0.208 e. The first kappa shape index (κ1) is 23.3. The number of nitrogens with one attached hydrogen (secondary N) is 2. The van der Waals surface area contributed by atoms with Gasteiger partial charge in [0, 0.05) is 31.9 Å². The number of piperidine rings is 1. The molecule has 2 aromatic heterocycles. The van der Waals surface area contributed by atoms with Gasteiger partial charge in [0.2, 0.25) is 5.89 Å². The molecule has 172 valence electrons. The van der Waals surface area contributed by atoms with Crippen LogP contribution in [0.2, 0.25) is 0 Å². The maximum Gasteiger partial charge on any atom is 0.208 e. The van der Waals surface area contributed by atoms with Crippen LogP contribution in [0.25, 0.3) is 0 Å². The zero-order valence-electron chi connectivity index (χ0n) is 19.5. The topological polar surface area (TPSA) is 104 Å². The van der Waals surface area contributed by atoms with Gasteiger partial charge < -0.3 is 20.2 Å². The molecule has 0 bridgehead atoms. The van der Waals surface area contributed by atoms with E-state index in [0.29, 0.717) is 5.92 Å². The summed E-state index contributed by atoms with van der Waals surface area (Å²) < 4.78 is 7.41. The molecule has 0 amide bonds. The van der Waals surface area contributed by atoms with Crippen LogP contribution in [0.4, 0.5) is 0 Å². The van der Waals surface area contributed by atoms with E-state index in [0.717, 1.165) is 74.4 Å². The van der Waals surface area contributed by atoms with Crippen molar-refractivity contribution in [2.45, 2.75) is 52.7 Å². The van der Waals surface area contributed by atoms with Gasteiger partial charge in [-0.25, -0.2) is 9.98 Å². The van der Waals surface area contributed by atoms with Crippen molar-refractivity contribution < 1.29 is 9.52 Å².